The molecule has 0 bridgehead atoms. The van der Waals surface area contributed by atoms with Gasteiger partial charge in [0, 0.05) is 0 Å². The van der Waals surface area contributed by atoms with E-state index in [0.29, 0.717) is 0 Å². The minimum absolute atomic E-state index is 1.17. The molecule has 48 valence electrons. The van der Waals surface area contributed by atoms with Gasteiger partial charge in [0.2, 0.25) is 0 Å². The Bertz CT molecular complexity index is 88.0. The Balaban J connectivity index is 3.64. The van der Waals surface area contributed by atoms with Gasteiger partial charge in [-0.2, -0.15) is 0 Å². The third-order valence-corrected chi connectivity index (χ3v) is 0.698. The molecule has 0 spiro atoms. The molecule has 0 amide bonds. The van der Waals surface area contributed by atoms with Crippen LogP contribution in [0, 0.1) is 0 Å². The smallest absolute Gasteiger partial charge is 0.119 e. The number of carboxylic acid groups (broad SMARTS) is 1. The van der Waals surface area contributed by atoms with Gasteiger partial charge in [0.15, 0.2) is 0 Å². The fraction of sp³-hybridized carbons (Fsp3) is 0.750. The molecule has 0 aliphatic rings. The van der Waals surface area contributed by atoms with Crippen molar-refractivity contribution >= 4 is 5.97 Å². The highest BCUT2D eigenvalue weighted by molar-refractivity contribution is 5.70. The van der Waals surface area contributed by atoms with Gasteiger partial charge in [-0.25, -0.2) is 0 Å². The molecule has 0 saturated heterocycles. The molecule has 0 aromatic carbocycles. The van der Waals surface area contributed by atoms with Crippen LogP contribution in [0.4, 0.5) is 0 Å². The fourth-order valence-electron chi connectivity index (χ4n) is 0.197. The van der Waals surface area contributed by atoms with Crippen molar-refractivity contribution in [3.63, 3.8) is 0 Å². The van der Waals surface area contributed by atoms with Crippen LogP contribution in [0.1, 0.15) is 6.92 Å². The predicted octanol–water partition coefficient (Wildman–Crippen LogP) is -2.52. The first-order valence-electron chi connectivity index (χ1n) is 2.12. The summed E-state index contributed by atoms with van der Waals surface area (Å²) in [6.07, 6.45) is -3.03. The van der Waals surface area contributed by atoms with Crippen molar-refractivity contribution in [3.8, 4) is 0 Å². The molecule has 2 atom stereocenters. The molecule has 4 nitrogen and oxygen atoms in total. The SMILES string of the molecule is C[C@@H](O)[C@@H](O)C(=O)[O-]. The summed E-state index contributed by atoms with van der Waals surface area (Å²) in [7, 11) is 0. The highest BCUT2D eigenvalue weighted by Gasteiger charge is 2.09. The van der Waals surface area contributed by atoms with E-state index in [0.717, 1.165) is 0 Å². The van der Waals surface area contributed by atoms with E-state index in [1.807, 2.05) is 0 Å². The molecular weight excluding hydrogens is 112 g/mol. The summed E-state index contributed by atoms with van der Waals surface area (Å²) in [5.41, 5.74) is 0. The molecule has 0 aliphatic heterocycles. The second kappa shape index (κ2) is 2.64. The summed E-state index contributed by atoms with van der Waals surface area (Å²) in [4.78, 5) is 9.62. The van der Waals surface area contributed by atoms with E-state index >= 15 is 0 Å². The van der Waals surface area contributed by atoms with E-state index in [-0.39, 0.29) is 0 Å². The molecule has 0 heterocycles. The number of aliphatic hydroxyl groups excluding tert-OH is 2. The van der Waals surface area contributed by atoms with E-state index in [1.54, 1.807) is 0 Å². The molecule has 0 aliphatic carbocycles. The van der Waals surface area contributed by atoms with Gasteiger partial charge in [-0.1, -0.05) is 0 Å². The van der Waals surface area contributed by atoms with Crippen LogP contribution in [0.5, 0.6) is 0 Å². The number of rotatable bonds is 2. The summed E-state index contributed by atoms with van der Waals surface area (Å²) in [5.74, 6) is -1.65. The van der Waals surface area contributed by atoms with Crippen molar-refractivity contribution in [1.82, 2.24) is 0 Å². The van der Waals surface area contributed by atoms with Gasteiger partial charge in [0.05, 0.1) is 12.1 Å². The molecular formula is C4H7O4-. The molecule has 0 radical (unpaired) electrons. The Kier molecular flexibility index (Phi) is 2.44. The lowest BCUT2D eigenvalue weighted by Gasteiger charge is -2.12. The highest BCUT2D eigenvalue weighted by atomic mass is 16.4. The predicted molar refractivity (Wildman–Crippen MR) is 22.7 cm³/mol. The first-order chi connectivity index (χ1) is 3.55. The molecule has 0 rings (SSSR count). The number of hydrogen-bond donors (Lipinski definition) is 2. The maximum absolute atomic E-state index is 9.62. The normalized spacial score (nSPS) is 17.4. The van der Waals surface area contributed by atoms with E-state index in [9.17, 15) is 9.90 Å². The Morgan fingerprint density at radius 3 is 2.00 bits per heavy atom. The van der Waals surface area contributed by atoms with Crippen LogP contribution in [0.15, 0.2) is 0 Å². The Morgan fingerprint density at radius 1 is 1.62 bits per heavy atom. The van der Waals surface area contributed by atoms with Crippen LogP contribution < -0.4 is 5.11 Å². The number of carboxylic acids is 1. The van der Waals surface area contributed by atoms with Crippen LogP contribution in [0.3, 0.4) is 0 Å². The third kappa shape index (κ3) is 1.90. The average molecular weight is 119 g/mol. The zero-order valence-corrected chi connectivity index (χ0v) is 4.37. The third-order valence-electron chi connectivity index (χ3n) is 0.698. The Labute approximate surface area is 46.4 Å². The van der Waals surface area contributed by atoms with Gasteiger partial charge in [-0.05, 0) is 6.92 Å². The van der Waals surface area contributed by atoms with Crippen LogP contribution in [-0.4, -0.2) is 28.4 Å². The Hall–Kier alpha value is -0.610. The standard InChI is InChI=1S/C4H8O4/c1-2(5)3(6)4(7)8/h2-3,5-6H,1H3,(H,7,8)/p-1/t2-,3-/m1/s1. The highest BCUT2D eigenvalue weighted by Crippen LogP contribution is 1.87. The summed E-state index contributed by atoms with van der Waals surface area (Å²) >= 11 is 0. The van der Waals surface area contributed by atoms with E-state index in [2.05, 4.69) is 0 Å². The number of carbonyl (C=O) groups excluding carboxylic acids is 1. The fourth-order valence-corrected chi connectivity index (χ4v) is 0.197. The van der Waals surface area contributed by atoms with Crippen molar-refractivity contribution < 1.29 is 20.1 Å². The lowest BCUT2D eigenvalue weighted by atomic mass is 10.2. The van der Waals surface area contributed by atoms with Gasteiger partial charge in [-0.3, -0.25) is 0 Å². The quantitative estimate of drug-likeness (QED) is 0.420. The van der Waals surface area contributed by atoms with Crippen molar-refractivity contribution in [3.05, 3.63) is 0 Å². The lowest BCUT2D eigenvalue weighted by Crippen LogP contribution is -2.42. The van der Waals surface area contributed by atoms with Crippen LogP contribution in [0.2, 0.25) is 0 Å². The molecule has 0 unspecified atom stereocenters. The number of hydrogen-bond acceptors (Lipinski definition) is 4. The van der Waals surface area contributed by atoms with Gasteiger partial charge in [0.25, 0.3) is 0 Å². The Morgan fingerprint density at radius 2 is 2.00 bits per heavy atom. The number of aliphatic hydroxyl groups is 2. The zero-order valence-electron chi connectivity index (χ0n) is 4.37. The maximum atomic E-state index is 9.62. The van der Waals surface area contributed by atoms with Crippen molar-refractivity contribution in [2.75, 3.05) is 0 Å². The van der Waals surface area contributed by atoms with Crippen LogP contribution >= 0.6 is 0 Å². The molecule has 4 heteroatoms. The molecule has 0 aromatic heterocycles. The average Bonchev–Trinajstić information content (AvgIpc) is 1.64. The zero-order chi connectivity index (χ0) is 6.73. The van der Waals surface area contributed by atoms with E-state index in [4.69, 9.17) is 10.2 Å². The minimum Gasteiger partial charge on any atom is -0.547 e. The first kappa shape index (κ1) is 7.39. The van der Waals surface area contributed by atoms with Crippen molar-refractivity contribution in [2.45, 2.75) is 19.1 Å². The van der Waals surface area contributed by atoms with Crippen molar-refractivity contribution in [2.24, 2.45) is 0 Å². The summed E-state index contributed by atoms with van der Waals surface area (Å²) < 4.78 is 0. The number of aliphatic carboxylic acids is 1. The molecule has 0 aromatic rings. The molecule has 2 N–H and O–H groups in total. The molecule has 0 saturated carbocycles. The van der Waals surface area contributed by atoms with Gasteiger partial charge >= 0.3 is 0 Å². The van der Waals surface area contributed by atoms with Gasteiger partial charge in [-0.15, -0.1) is 0 Å². The maximum Gasteiger partial charge on any atom is 0.119 e. The van der Waals surface area contributed by atoms with Crippen molar-refractivity contribution in [1.29, 1.82) is 0 Å². The van der Waals surface area contributed by atoms with E-state index in [1.165, 1.54) is 6.92 Å². The van der Waals surface area contributed by atoms with E-state index < -0.39 is 18.2 Å². The summed E-state index contributed by atoms with van der Waals surface area (Å²) in [6, 6.07) is 0. The topological polar surface area (TPSA) is 80.6 Å². The minimum atomic E-state index is -1.77. The molecule has 0 fully saturated rings. The molecule has 8 heavy (non-hydrogen) atoms. The van der Waals surface area contributed by atoms with Crippen LogP contribution in [0.25, 0.3) is 0 Å². The monoisotopic (exact) mass is 119 g/mol. The number of carbonyl (C=O) groups is 1. The van der Waals surface area contributed by atoms with Gasteiger partial charge in [0.1, 0.15) is 6.10 Å². The second-order valence-corrected chi connectivity index (χ2v) is 1.50. The summed E-state index contributed by atoms with van der Waals surface area (Å²) in [5, 5.41) is 26.2. The second-order valence-electron chi connectivity index (χ2n) is 1.50. The van der Waals surface area contributed by atoms with Crippen LogP contribution in [-0.2, 0) is 4.79 Å². The summed E-state index contributed by atoms with van der Waals surface area (Å²) in [6.45, 7) is 1.17. The first-order valence-corrected chi connectivity index (χ1v) is 2.12. The van der Waals surface area contributed by atoms with Gasteiger partial charge < -0.3 is 20.1 Å². The lowest BCUT2D eigenvalue weighted by molar-refractivity contribution is -0.317. The largest absolute Gasteiger partial charge is 0.547 e.